The molecule has 0 aromatic carbocycles. The lowest BCUT2D eigenvalue weighted by atomic mass is 10.1. The third-order valence-electron chi connectivity index (χ3n) is 1.90. The second kappa shape index (κ2) is 3.66. The highest BCUT2D eigenvalue weighted by molar-refractivity contribution is 5.75. The van der Waals surface area contributed by atoms with Crippen LogP contribution in [0.25, 0.3) is 0 Å². The van der Waals surface area contributed by atoms with Crippen molar-refractivity contribution in [3.05, 3.63) is 0 Å². The zero-order valence-electron chi connectivity index (χ0n) is 8.79. The van der Waals surface area contributed by atoms with Crippen LogP contribution in [0.5, 0.6) is 0 Å². The topological polar surface area (TPSA) is 35.5 Å². The molecule has 0 aromatic rings. The van der Waals surface area contributed by atoms with E-state index in [1.54, 1.807) is 0 Å². The quantitative estimate of drug-likeness (QED) is 0.587. The van der Waals surface area contributed by atoms with Crippen molar-refractivity contribution < 1.29 is 14.3 Å². The fourth-order valence-corrected chi connectivity index (χ4v) is 1.34. The maximum Gasteiger partial charge on any atom is 0.335 e. The maximum absolute atomic E-state index is 11.5. The molecule has 1 fully saturated rings. The van der Waals surface area contributed by atoms with E-state index in [9.17, 15) is 4.79 Å². The summed E-state index contributed by atoms with van der Waals surface area (Å²) in [5, 5.41) is 0. The van der Waals surface area contributed by atoms with Gasteiger partial charge in [-0.1, -0.05) is 0 Å². The lowest BCUT2D eigenvalue weighted by molar-refractivity contribution is -0.167. The van der Waals surface area contributed by atoms with E-state index in [-0.39, 0.29) is 18.2 Å². The summed E-state index contributed by atoms with van der Waals surface area (Å²) >= 11 is 0. The van der Waals surface area contributed by atoms with Gasteiger partial charge >= 0.3 is 5.97 Å². The van der Waals surface area contributed by atoms with Crippen LogP contribution in [0.1, 0.15) is 40.5 Å². The average molecular weight is 186 g/mol. The molecule has 0 spiro atoms. The molecule has 0 radical (unpaired) electrons. The highest BCUT2D eigenvalue weighted by Crippen LogP contribution is 2.21. The monoisotopic (exact) mass is 186 g/mol. The van der Waals surface area contributed by atoms with Gasteiger partial charge in [0.1, 0.15) is 5.60 Å². The molecule has 3 nitrogen and oxygen atoms in total. The Bertz CT molecular complexity index is 193. The van der Waals surface area contributed by atoms with E-state index in [0.717, 1.165) is 12.8 Å². The number of carbonyl (C=O) groups is 1. The Kier molecular flexibility index (Phi) is 2.96. The number of hydrogen-bond acceptors (Lipinski definition) is 3. The SMILES string of the molecule is CC1CCC(C(=O)OC(C)(C)C)O1. The normalized spacial score (nSPS) is 28.9. The van der Waals surface area contributed by atoms with Gasteiger partial charge in [-0.2, -0.15) is 0 Å². The number of esters is 1. The molecule has 1 saturated heterocycles. The molecule has 0 aliphatic carbocycles. The standard InChI is InChI=1S/C10H18O3/c1-7-5-6-8(12-7)9(11)13-10(2,3)4/h7-8H,5-6H2,1-4H3. The van der Waals surface area contributed by atoms with Gasteiger partial charge in [0.25, 0.3) is 0 Å². The van der Waals surface area contributed by atoms with Crippen LogP contribution in [0.4, 0.5) is 0 Å². The fourth-order valence-electron chi connectivity index (χ4n) is 1.34. The number of carbonyl (C=O) groups excluding carboxylic acids is 1. The number of ether oxygens (including phenoxy) is 2. The largest absolute Gasteiger partial charge is 0.458 e. The molecule has 0 bridgehead atoms. The molecule has 3 heteroatoms. The molecule has 1 rings (SSSR count). The molecule has 1 aliphatic rings. The van der Waals surface area contributed by atoms with E-state index < -0.39 is 5.60 Å². The summed E-state index contributed by atoms with van der Waals surface area (Å²) < 4.78 is 10.6. The van der Waals surface area contributed by atoms with Crippen molar-refractivity contribution in [2.75, 3.05) is 0 Å². The Labute approximate surface area is 79.4 Å². The third kappa shape index (κ3) is 3.35. The Hall–Kier alpha value is -0.570. The van der Waals surface area contributed by atoms with Crippen molar-refractivity contribution in [1.82, 2.24) is 0 Å². The van der Waals surface area contributed by atoms with Gasteiger partial charge in [0.15, 0.2) is 6.10 Å². The van der Waals surface area contributed by atoms with Gasteiger partial charge < -0.3 is 9.47 Å². The summed E-state index contributed by atoms with van der Waals surface area (Å²) in [5.74, 6) is -0.225. The van der Waals surface area contributed by atoms with Crippen LogP contribution in [-0.2, 0) is 14.3 Å². The van der Waals surface area contributed by atoms with Gasteiger partial charge in [0.05, 0.1) is 6.10 Å². The van der Waals surface area contributed by atoms with Crippen molar-refractivity contribution in [2.45, 2.75) is 58.3 Å². The molecule has 0 aromatic heterocycles. The number of rotatable bonds is 1. The first kappa shape index (κ1) is 10.5. The van der Waals surface area contributed by atoms with Crippen LogP contribution in [0.15, 0.2) is 0 Å². The summed E-state index contributed by atoms with van der Waals surface area (Å²) in [6.45, 7) is 7.57. The van der Waals surface area contributed by atoms with Crippen LogP contribution < -0.4 is 0 Å². The van der Waals surface area contributed by atoms with Crippen molar-refractivity contribution >= 4 is 5.97 Å². The first-order chi connectivity index (χ1) is 5.88. The fraction of sp³-hybridized carbons (Fsp3) is 0.900. The van der Waals surface area contributed by atoms with Crippen LogP contribution in [0.3, 0.4) is 0 Å². The van der Waals surface area contributed by atoms with Crippen LogP contribution in [-0.4, -0.2) is 23.8 Å². The molecule has 1 heterocycles. The van der Waals surface area contributed by atoms with E-state index in [2.05, 4.69) is 0 Å². The van der Waals surface area contributed by atoms with E-state index in [4.69, 9.17) is 9.47 Å². The molecule has 1 aliphatic heterocycles. The first-order valence-electron chi connectivity index (χ1n) is 4.77. The minimum atomic E-state index is -0.410. The van der Waals surface area contributed by atoms with Crippen molar-refractivity contribution in [1.29, 1.82) is 0 Å². The lowest BCUT2D eigenvalue weighted by Gasteiger charge is -2.21. The van der Waals surface area contributed by atoms with E-state index in [1.807, 2.05) is 27.7 Å². The Morgan fingerprint density at radius 2 is 2.00 bits per heavy atom. The van der Waals surface area contributed by atoms with Crippen LogP contribution >= 0.6 is 0 Å². The zero-order valence-corrected chi connectivity index (χ0v) is 8.79. The highest BCUT2D eigenvalue weighted by Gasteiger charge is 2.31. The first-order valence-corrected chi connectivity index (χ1v) is 4.77. The Morgan fingerprint density at radius 3 is 2.38 bits per heavy atom. The minimum absolute atomic E-state index is 0.192. The van der Waals surface area contributed by atoms with Gasteiger partial charge in [0, 0.05) is 0 Å². The van der Waals surface area contributed by atoms with E-state index in [0.29, 0.717) is 0 Å². The van der Waals surface area contributed by atoms with Gasteiger partial charge in [0.2, 0.25) is 0 Å². The van der Waals surface area contributed by atoms with Gasteiger partial charge in [-0.15, -0.1) is 0 Å². The zero-order chi connectivity index (χ0) is 10.1. The van der Waals surface area contributed by atoms with Crippen LogP contribution in [0, 0.1) is 0 Å². The van der Waals surface area contributed by atoms with Gasteiger partial charge in [-0.25, -0.2) is 4.79 Å². The Morgan fingerprint density at radius 1 is 1.38 bits per heavy atom. The van der Waals surface area contributed by atoms with Crippen molar-refractivity contribution in [2.24, 2.45) is 0 Å². The summed E-state index contributed by atoms with van der Waals surface area (Å²) in [4.78, 5) is 11.5. The predicted octanol–water partition coefficient (Wildman–Crippen LogP) is 1.90. The van der Waals surface area contributed by atoms with Crippen LogP contribution in [0.2, 0.25) is 0 Å². The highest BCUT2D eigenvalue weighted by atomic mass is 16.6. The second-order valence-electron chi connectivity index (χ2n) is 4.55. The molecular formula is C10H18O3. The number of hydrogen-bond donors (Lipinski definition) is 0. The second-order valence-corrected chi connectivity index (χ2v) is 4.55. The summed E-state index contributed by atoms with van der Waals surface area (Å²) in [7, 11) is 0. The third-order valence-corrected chi connectivity index (χ3v) is 1.90. The summed E-state index contributed by atoms with van der Waals surface area (Å²) in [5.41, 5.74) is -0.410. The van der Waals surface area contributed by atoms with Gasteiger partial charge in [-0.3, -0.25) is 0 Å². The average Bonchev–Trinajstić information content (AvgIpc) is 2.31. The van der Waals surface area contributed by atoms with Crippen molar-refractivity contribution in [3.8, 4) is 0 Å². The molecular weight excluding hydrogens is 168 g/mol. The van der Waals surface area contributed by atoms with E-state index >= 15 is 0 Å². The molecule has 0 N–H and O–H groups in total. The lowest BCUT2D eigenvalue weighted by Crippen LogP contribution is -2.31. The van der Waals surface area contributed by atoms with E-state index in [1.165, 1.54) is 0 Å². The molecule has 0 amide bonds. The van der Waals surface area contributed by atoms with Gasteiger partial charge in [-0.05, 0) is 40.5 Å². The molecule has 2 atom stereocenters. The molecule has 2 unspecified atom stereocenters. The summed E-state index contributed by atoms with van der Waals surface area (Å²) in [6.07, 6.45) is 1.59. The maximum atomic E-state index is 11.5. The predicted molar refractivity (Wildman–Crippen MR) is 49.4 cm³/mol. The van der Waals surface area contributed by atoms with Crippen molar-refractivity contribution in [3.63, 3.8) is 0 Å². The smallest absolute Gasteiger partial charge is 0.335 e. The molecule has 13 heavy (non-hydrogen) atoms. The Balaban J connectivity index is 2.41. The minimum Gasteiger partial charge on any atom is -0.458 e. The molecule has 0 saturated carbocycles. The molecule has 76 valence electrons. The summed E-state index contributed by atoms with van der Waals surface area (Å²) in [6, 6.07) is 0.